The van der Waals surface area contributed by atoms with Gasteiger partial charge in [-0.05, 0) is 30.0 Å². The van der Waals surface area contributed by atoms with E-state index in [9.17, 15) is 0 Å². The van der Waals surface area contributed by atoms with Crippen LogP contribution in [0.5, 0.6) is 0 Å². The van der Waals surface area contributed by atoms with Crippen LogP contribution in [-0.4, -0.2) is 0 Å². The maximum absolute atomic E-state index is 3.89. The van der Waals surface area contributed by atoms with E-state index in [-0.39, 0.29) is 0 Å². The topological polar surface area (TPSA) is 0 Å². The fourth-order valence-electron chi connectivity index (χ4n) is 1.86. The van der Waals surface area contributed by atoms with Crippen LogP contribution in [0.3, 0.4) is 0 Å². The molecule has 2 aromatic carbocycles. The molecule has 0 aliphatic heterocycles. The Kier molecular flexibility index (Phi) is 4.54. The first kappa shape index (κ1) is 12.4. The number of hydrogen-bond donors (Lipinski definition) is 0. The Morgan fingerprint density at radius 3 is 2.11 bits per heavy atom. The van der Waals surface area contributed by atoms with Crippen molar-refractivity contribution in [1.82, 2.24) is 0 Å². The van der Waals surface area contributed by atoms with Crippen molar-refractivity contribution in [3.63, 3.8) is 0 Å². The molecule has 0 nitrogen and oxygen atoms in total. The molecule has 0 atom stereocenters. The van der Waals surface area contributed by atoms with Crippen LogP contribution in [-0.2, 0) is 0 Å². The van der Waals surface area contributed by atoms with Crippen LogP contribution in [0.1, 0.15) is 17.5 Å². The van der Waals surface area contributed by atoms with Crippen LogP contribution in [0, 0.1) is 6.92 Å². The molecule has 0 saturated carbocycles. The summed E-state index contributed by atoms with van der Waals surface area (Å²) in [5, 5.41) is 0. The van der Waals surface area contributed by atoms with Crippen LogP contribution in [0.2, 0.25) is 0 Å². The Labute approximate surface area is 109 Å². The van der Waals surface area contributed by atoms with Crippen molar-refractivity contribution in [3.05, 3.63) is 90.9 Å². The maximum atomic E-state index is 3.89. The van der Waals surface area contributed by atoms with Gasteiger partial charge in [-0.1, -0.05) is 78.9 Å². The molecule has 0 aromatic heterocycles. The summed E-state index contributed by atoms with van der Waals surface area (Å²) in [6.45, 7) is 3.89. The molecule has 0 heteroatoms. The molecular weight excluding hydrogens is 216 g/mol. The molecule has 0 saturated heterocycles. The highest BCUT2D eigenvalue weighted by molar-refractivity contribution is 5.68. The van der Waals surface area contributed by atoms with Gasteiger partial charge in [-0.25, -0.2) is 0 Å². The molecule has 18 heavy (non-hydrogen) atoms. The molecule has 0 aliphatic rings. The van der Waals surface area contributed by atoms with E-state index in [0.717, 1.165) is 6.42 Å². The fourth-order valence-corrected chi connectivity index (χ4v) is 1.86. The minimum Gasteiger partial charge on any atom is -0.0801 e. The van der Waals surface area contributed by atoms with Crippen molar-refractivity contribution < 1.29 is 0 Å². The lowest BCUT2D eigenvalue weighted by Crippen LogP contribution is -1.81. The van der Waals surface area contributed by atoms with Crippen LogP contribution < -0.4 is 0 Å². The summed E-state index contributed by atoms with van der Waals surface area (Å²) in [5.41, 5.74) is 3.72. The third-order valence-corrected chi connectivity index (χ3v) is 2.84. The lowest BCUT2D eigenvalue weighted by molar-refractivity contribution is 1.40. The third-order valence-electron chi connectivity index (χ3n) is 2.84. The summed E-state index contributed by atoms with van der Waals surface area (Å²) in [7, 11) is 0. The van der Waals surface area contributed by atoms with E-state index >= 15 is 0 Å². The zero-order chi connectivity index (χ0) is 12.6. The van der Waals surface area contributed by atoms with Crippen LogP contribution >= 0.6 is 0 Å². The van der Waals surface area contributed by atoms with Gasteiger partial charge in [0.1, 0.15) is 0 Å². The van der Waals surface area contributed by atoms with E-state index < -0.39 is 0 Å². The van der Waals surface area contributed by atoms with Gasteiger partial charge in [0.05, 0.1) is 0 Å². The van der Waals surface area contributed by atoms with Gasteiger partial charge in [0, 0.05) is 0 Å². The second kappa shape index (κ2) is 6.61. The first-order valence-corrected chi connectivity index (χ1v) is 6.15. The average molecular weight is 233 g/mol. The van der Waals surface area contributed by atoms with Crippen molar-refractivity contribution in [2.24, 2.45) is 0 Å². The molecular formula is C18H17. The lowest BCUT2D eigenvalue weighted by atomic mass is 10.0. The Hall–Kier alpha value is -2.08. The average Bonchev–Trinajstić information content (AvgIpc) is 2.46. The van der Waals surface area contributed by atoms with Gasteiger partial charge in [-0.15, -0.1) is 0 Å². The molecule has 0 N–H and O–H groups in total. The van der Waals surface area contributed by atoms with Gasteiger partial charge >= 0.3 is 0 Å². The zero-order valence-corrected chi connectivity index (χ0v) is 10.4. The van der Waals surface area contributed by atoms with Crippen molar-refractivity contribution in [1.29, 1.82) is 0 Å². The van der Waals surface area contributed by atoms with Gasteiger partial charge in [-0.3, -0.25) is 0 Å². The molecule has 89 valence electrons. The van der Waals surface area contributed by atoms with Crippen molar-refractivity contribution >= 4 is 11.6 Å². The zero-order valence-electron chi connectivity index (χ0n) is 10.4. The van der Waals surface area contributed by atoms with Crippen molar-refractivity contribution in [2.75, 3.05) is 0 Å². The monoisotopic (exact) mass is 233 g/mol. The number of benzene rings is 2. The molecule has 0 aliphatic carbocycles. The molecule has 2 rings (SSSR count). The highest BCUT2D eigenvalue weighted by Crippen LogP contribution is 2.18. The Balaban J connectivity index is 2.03. The van der Waals surface area contributed by atoms with Gasteiger partial charge < -0.3 is 0 Å². The Bertz CT molecular complexity index is 518. The number of allylic oxidation sites excluding steroid dienone is 3. The van der Waals surface area contributed by atoms with Crippen molar-refractivity contribution in [3.8, 4) is 0 Å². The van der Waals surface area contributed by atoms with Gasteiger partial charge in [-0.2, -0.15) is 0 Å². The molecule has 0 bridgehead atoms. The van der Waals surface area contributed by atoms with Gasteiger partial charge in [0.15, 0.2) is 0 Å². The van der Waals surface area contributed by atoms with Crippen molar-refractivity contribution in [2.45, 2.75) is 6.42 Å². The highest BCUT2D eigenvalue weighted by atomic mass is 14.0. The second-order valence-electron chi connectivity index (χ2n) is 4.11. The fraction of sp³-hybridized carbons (Fsp3) is 0.0556. The third kappa shape index (κ3) is 3.46. The second-order valence-corrected chi connectivity index (χ2v) is 4.11. The first-order valence-electron chi connectivity index (χ1n) is 6.15. The smallest absolute Gasteiger partial charge is 0.00913 e. The standard InChI is InChI=1S/C18H17/c1-2-17(18-13-7-4-8-14-18)15-9-12-16-10-5-3-6-11-16/h2-14H,1,15H2/b12-9+,17-2?. The summed E-state index contributed by atoms with van der Waals surface area (Å²) >= 11 is 0. The summed E-state index contributed by atoms with van der Waals surface area (Å²) in [6.07, 6.45) is 7.17. The summed E-state index contributed by atoms with van der Waals surface area (Å²) in [5.74, 6) is 0. The van der Waals surface area contributed by atoms with E-state index in [1.165, 1.54) is 16.7 Å². The molecule has 1 radical (unpaired) electrons. The minimum atomic E-state index is 0.905. The number of rotatable bonds is 4. The van der Waals surface area contributed by atoms with E-state index in [1.54, 1.807) is 0 Å². The Morgan fingerprint density at radius 1 is 0.889 bits per heavy atom. The highest BCUT2D eigenvalue weighted by Gasteiger charge is 1.96. The van der Waals surface area contributed by atoms with E-state index in [1.807, 2.05) is 18.2 Å². The largest absolute Gasteiger partial charge is 0.0801 e. The predicted octanol–water partition coefficient (Wildman–Crippen LogP) is 5.01. The van der Waals surface area contributed by atoms with E-state index in [4.69, 9.17) is 0 Å². The predicted molar refractivity (Wildman–Crippen MR) is 79.9 cm³/mol. The SMILES string of the molecule is [CH2]C=C(C/C=C/c1ccccc1)c1ccccc1. The summed E-state index contributed by atoms with van der Waals surface area (Å²) in [4.78, 5) is 0. The quantitative estimate of drug-likeness (QED) is 0.696. The number of hydrogen-bond acceptors (Lipinski definition) is 0. The van der Waals surface area contributed by atoms with Crippen LogP contribution in [0.25, 0.3) is 11.6 Å². The molecule has 0 fully saturated rings. The molecule has 0 spiro atoms. The van der Waals surface area contributed by atoms with Crippen LogP contribution in [0.15, 0.2) is 72.8 Å². The first-order chi connectivity index (χ1) is 8.90. The molecule has 0 unspecified atom stereocenters. The molecule has 0 heterocycles. The maximum Gasteiger partial charge on any atom is -0.00913 e. The molecule has 0 amide bonds. The Morgan fingerprint density at radius 2 is 1.50 bits per heavy atom. The van der Waals surface area contributed by atoms with E-state index in [0.29, 0.717) is 0 Å². The van der Waals surface area contributed by atoms with Gasteiger partial charge in [0.2, 0.25) is 0 Å². The minimum absolute atomic E-state index is 0.905. The summed E-state index contributed by atoms with van der Waals surface area (Å²) in [6, 6.07) is 20.7. The summed E-state index contributed by atoms with van der Waals surface area (Å²) < 4.78 is 0. The lowest BCUT2D eigenvalue weighted by Gasteiger charge is -2.03. The van der Waals surface area contributed by atoms with Gasteiger partial charge in [0.25, 0.3) is 0 Å². The van der Waals surface area contributed by atoms with Crippen LogP contribution in [0.4, 0.5) is 0 Å². The normalized spacial score (nSPS) is 11.9. The van der Waals surface area contributed by atoms with E-state index in [2.05, 4.69) is 67.6 Å². The molecule has 2 aromatic rings.